The van der Waals surface area contributed by atoms with Crippen LogP contribution in [0.2, 0.25) is 0 Å². The van der Waals surface area contributed by atoms with Crippen LogP contribution in [0.5, 0.6) is 0 Å². The number of hydrogen-bond donors (Lipinski definition) is 3. The maximum Gasteiger partial charge on any atom is 0.223 e. The molecule has 0 radical (unpaired) electrons. The number of nitrogens with two attached hydrogens (primary N) is 1. The highest BCUT2D eigenvalue weighted by molar-refractivity contribution is 5.77. The van der Waals surface area contributed by atoms with Crippen LogP contribution < -0.4 is 11.1 Å². The summed E-state index contributed by atoms with van der Waals surface area (Å²) in [6, 6.07) is 0. The zero-order chi connectivity index (χ0) is 13.7. The molecule has 17 heavy (non-hydrogen) atoms. The van der Waals surface area contributed by atoms with Gasteiger partial charge in [-0.1, -0.05) is 0 Å². The predicted molar refractivity (Wildman–Crippen MR) is 67.6 cm³/mol. The van der Waals surface area contributed by atoms with E-state index >= 15 is 0 Å². The second-order valence-corrected chi connectivity index (χ2v) is 5.25. The lowest BCUT2D eigenvalue weighted by atomic mass is 9.86. The molecule has 0 aromatic rings. The van der Waals surface area contributed by atoms with E-state index in [1.807, 2.05) is 6.92 Å². The van der Waals surface area contributed by atoms with Gasteiger partial charge in [0.05, 0.1) is 23.7 Å². The molecular weight excluding hydrogens is 220 g/mol. The number of aliphatic hydroxyl groups is 1. The molecule has 0 aromatic heterocycles. The molecule has 4 N–H and O–H groups in total. The van der Waals surface area contributed by atoms with E-state index in [1.165, 1.54) is 0 Å². The second kappa shape index (κ2) is 6.33. The molecule has 0 aliphatic rings. The van der Waals surface area contributed by atoms with Crippen molar-refractivity contribution in [3.05, 3.63) is 0 Å². The lowest BCUT2D eigenvalue weighted by Crippen LogP contribution is -2.58. The molecule has 5 nitrogen and oxygen atoms in total. The maximum atomic E-state index is 11.8. The highest BCUT2D eigenvalue weighted by atomic mass is 16.5. The first-order valence-corrected chi connectivity index (χ1v) is 5.99. The Kier molecular flexibility index (Phi) is 6.09. The van der Waals surface area contributed by atoms with Crippen LogP contribution in [0.25, 0.3) is 0 Å². The van der Waals surface area contributed by atoms with E-state index in [-0.39, 0.29) is 18.4 Å². The Morgan fingerprint density at radius 2 is 1.94 bits per heavy atom. The largest absolute Gasteiger partial charge is 0.388 e. The molecule has 0 aliphatic carbocycles. The van der Waals surface area contributed by atoms with Crippen LogP contribution in [-0.2, 0) is 9.53 Å². The van der Waals surface area contributed by atoms with E-state index in [4.69, 9.17) is 10.5 Å². The Bertz CT molecular complexity index is 247. The molecule has 0 fully saturated rings. The van der Waals surface area contributed by atoms with Crippen LogP contribution in [0.3, 0.4) is 0 Å². The average Bonchev–Trinajstić information content (AvgIpc) is 2.14. The Balaban J connectivity index is 4.35. The molecule has 5 heteroatoms. The van der Waals surface area contributed by atoms with Crippen molar-refractivity contribution in [2.24, 2.45) is 5.73 Å². The molecular formula is C12H26N2O3. The van der Waals surface area contributed by atoms with Crippen molar-refractivity contribution in [3.8, 4) is 0 Å². The fourth-order valence-electron chi connectivity index (χ4n) is 1.21. The summed E-state index contributed by atoms with van der Waals surface area (Å²) in [5, 5.41) is 12.7. The van der Waals surface area contributed by atoms with Gasteiger partial charge in [-0.05, 0) is 34.6 Å². The van der Waals surface area contributed by atoms with E-state index in [2.05, 4.69) is 5.32 Å². The zero-order valence-electron chi connectivity index (χ0n) is 11.5. The van der Waals surface area contributed by atoms with Gasteiger partial charge in [0.25, 0.3) is 0 Å². The van der Waals surface area contributed by atoms with E-state index < -0.39 is 11.1 Å². The van der Waals surface area contributed by atoms with Crippen molar-refractivity contribution < 1.29 is 14.6 Å². The number of hydrogen-bond acceptors (Lipinski definition) is 4. The van der Waals surface area contributed by atoms with Gasteiger partial charge >= 0.3 is 0 Å². The Morgan fingerprint density at radius 3 is 2.29 bits per heavy atom. The summed E-state index contributed by atoms with van der Waals surface area (Å²) in [7, 11) is 0. The molecule has 0 rings (SSSR count). The third-order valence-corrected chi connectivity index (χ3v) is 3.06. The van der Waals surface area contributed by atoms with Crippen LogP contribution in [0.1, 0.15) is 41.0 Å². The van der Waals surface area contributed by atoms with Crippen molar-refractivity contribution in [3.63, 3.8) is 0 Å². The molecule has 0 aliphatic heterocycles. The van der Waals surface area contributed by atoms with Crippen LogP contribution in [0.15, 0.2) is 0 Å². The van der Waals surface area contributed by atoms with Gasteiger partial charge in [0.2, 0.25) is 5.91 Å². The molecule has 0 saturated carbocycles. The number of amides is 1. The van der Waals surface area contributed by atoms with Crippen molar-refractivity contribution in [2.75, 3.05) is 13.2 Å². The number of nitrogens with one attached hydrogen (secondary N) is 1. The first-order chi connectivity index (χ1) is 7.64. The minimum Gasteiger partial charge on any atom is -0.388 e. The molecule has 102 valence electrons. The summed E-state index contributed by atoms with van der Waals surface area (Å²) in [4.78, 5) is 11.8. The summed E-state index contributed by atoms with van der Waals surface area (Å²) in [5.74, 6) is -0.166. The van der Waals surface area contributed by atoms with Gasteiger partial charge in [0.1, 0.15) is 0 Å². The van der Waals surface area contributed by atoms with Gasteiger partial charge in [-0.3, -0.25) is 4.79 Å². The summed E-state index contributed by atoms with van der Waals surface area (Å²) in [6.45, 7) is 9.59. The molecule has 0 bridgehead atoms. The minimum atomic E-state index is -0.994. The maximum absolute atomic E-state index is 11.8. The molecule has 1 atom stereocenters. The Morgan fingerprint density at radius 1 is 1.41 bits per heavy atom. The normalized spacial score (nSPS) is 14.5. The van der Waals surface area contributed by atoms with Crippen molar-refractivity contribution >= 4 is 5.91 Å². The fourth-order valence-corrected chi connectivity index (χ4v) is 1.21. The first-order valence-electron chi connectivity index (χ1n) is 5.99. The first kappa shape index (κ1) is 16.4. The van der Waals surface area contributed by atoms with Gasteiger partial charge in [0.15, 0.2) is 0 Å². The monoisotopic (exact) mass is 246 g/mol. The summed E-state index contributed by atoms with van der Waals surface area (Å²) in [6.07, 6.45) is -0.0540. The SMILES string of the molecule is CCOC(CN)CC(=O)NC(C)(C)C(C)(C)O. The molecule has 0 heterocycles. The van der Waals surface area contributed by atoms with Crippen molar-refractivity contribution in [1.29, 1.82) is 0 Å². The standard InChI is InChI=1S/C12H26N2O3/c1-6-17-9(8-13)7-10(15)14-11(2,3)12(4,5)16/h9,16H,6-8,13H2,1-5H3,(H,14,15). The van der Waals surface area contributed by atoms with Gasteiger partial charge in [-0.25, -0.2) is 0 Å². The quantitative estimate of drug-likeness (QED) is 0.607. The molecule has 1 unspecified atom stereocenters. The molecule has 0 spiro atoms. The fraction of sp³-hybridized carbons (Fsp3) is 0.917. The third-order valence-electron chi connectivity index (χ3n) is 3.06. The zero-order valence-corrected chi connectivity index (χ0v) is 11.5. The van der Waals surface area contributed by atoms with E-state index in [9.17, 15) is 9.90 Å². The number of rotatable bonds is 7. The Labute approximate surface area is 104 Å². The van der Waals surface area contributed by atoms with E-state index in [1.54, 1.807) is 27.7 Å². The smallest absolute Gasteiger partial charge is 0.223 e. The van der Waals surface area contributed by atoms with Crippen molar-refractivity contribution in [2.45, 2.75) is 58.3 Å². The summed E-state index contributed by atoms with van der Waals surface area (Å²) >= 11 is 0. The molecule has 1 amide bonds. The number of ether oxygens (including phenoxy) is 1. The van der Waals surface area contributed by atoms with Crippen LogP contribution in [-0.4, -0.2) is 41.4 Å². The van der Waals surface area contributed by atoms with Crippen LogP contribution in [0, 0.1) is 0 Å². The van der Waals surface area contributed by atoms with Crippen LogP contribution >= 0.6 is 0 Å². The highest BCUT2D eigenvalue weighted by Gasteiger charge is 2.36. The lowest BCUT2D eigenvalue weighted by molar-refractivity contribution is -0.128. The third kappa shape index (κ3) is 5.48. The molecule has 0 saturated heterocycles. The summed E-state index contributed by atoms with van der Waals surface area (Å²) in [5.41, 5.74) is 3.81. The Hall–Kier alpha value is -0.650. The number of carbonyl (C=O) groups is 1. The van der Waals surface area contributed by atoms with E-state index in [0.29, 0.717) is 13.2 Å². The number of carbonyl (C=O) groups excluding carboxylic acids is 1. The average molecular weight is 246 g/mol. The second-order valence-electron chi connectivity index (χ2n) is 5.25. The molecule has 0 aromatic carbocycles. The van der Waals surface area contributed by atoms with Crippen molar-refractivity contribution in [1.82, 2.24) is 5.32 Å². The van der Waals surface area contributed by atoms with E-state index in [0.717, 1.165) is 0 Å². The van der Waals surface area contributed by atoms with Crippen LogP contribution in [0.4, 0.5) is 0 Å². The van der Waals surface area contributed by atoms with Gasteiger partial charge in [-0.2, -0.15) is 0 Å². The summed E-state index contributed by atoms with van der Waals surface area (Å²) < 4.78 is 5.31. The minimum absolute atomic E-state index is 0.166. The van der Waals surface area contributed by atoms with Gasteiger partial charge < -0.3 is 20.9 Å². The van der Waals surface area contributed by atoms with Gasteiger partial charge in [0, 0.05) is 13.2 Å². The highest BCUT2D eigenvalue weighted by Crippen LogP contribution is 2.20. The topological polar surface area (TPSA) is 84.6 Å². The van der Waals surface area contributed by atoms with Gasteiger partial charge in [-0.15, -0.1) is 0 Å². The predicted octanol–water partition coefficient (Wildman–Crippen LogP) is 0.406. The lowest BCUT2D eigenvalue weighted by Gasteiger charge is -2.38.